The zero-order valence-electron chi connectivity index (χ0n) is 17.4. The van der Waals surface area contributed by atoms with Crippen LogP contribution in [-0.4, -0.2) is 41.0 Å². The summed E-state index contributed by atoms with van der Waals surface area (Å²) in [5, 5.41) is 8.88. The number of alkyl halides is 3. The van der Waals surface area contributed by atoms with Crippen molar-refractivity contribution in [2.24, 2.45) is 4.99 Å². The second-order valence-electron chi connectivity index (χ2n) is 6.55. The molecule has 0 bridgehead atoms. The molecule has 3 rings (SSSR count). The lowest BCUT2D eigenvalue weighted by atomic mass is 10.1. The molecule has 0 aliphatic heterocycles. The smallest absolute Gasteiger partial charge is 0.433 e. The van der Waals surface area contributed by atoms with Gasteiger partial charge in [0.25, 0.3) is 0 Å². The Kier molecular flexibility index (Phi) is 9.23. The minimum absolute atomic E-state index is 0. The van der Waals surface area contributed by atoms with Gasteiger partial charge in [-0.2, -0.15) is 13.2 Å². The van der Waals surface area contributed by atoms with Crippen molar-refractivity contribution < 1.29 is 17.6 Å². The minimum atomic E-state index is -4.51. The monoisotopic (exact) mass is 561 g/mol. The lowest BCUT2D eigenvalue weighted by Gasteiger charge is -2.12. The second kappa shape index (κ2) is 11.6. The normalized spacial score (nSPS) is 11.6. The molecule has 3 N–H and O–H groups in total. The quantitative estimate of drug-likeness (QED) is 0.175. The van der Waals surface area contributed by atoms with Gasteiger partial charge in [0.1, 0.15) is 12.0 Å². The first kappa shape index (κ1) is 25.4. The molecule has 0 amide bonds. The van der Waals surface area contributed by atoms with E-state index in [-0.39, 0.29) is 29.9 Å². The van der Waals surface area contributed by atoms with Gasteiger partial charge in [-0.1, -0.05) is 17.7 Å². The molecule has 2 heterocycles. The van der Waals surface area contributed by atoms with Gasteiger partial charge < -0.3 is 20.4 Å². The number of hydrogen-bond acceptors (Lipinski definition) is 6. The number of aryl methyl sites for hydroxylation is 1. The molecule has 0 atom stereocenters. The number of hydrogen-bond donors (Lipinski definition) is 3. The first-order chi connectivity index (χ1) is 14.8. The van der Waals surface area contributed by atoms with Crippen molar-refractivity contribution in [3.63, 3.8) is 0 Å². The van der Waals surface area contributed by atoms with E-state index in [1.807, 2.05) is 31.2 Å². The lowest BCUT2D eigenvalue weighted by molar-refractivity contribution is -0.141. The summed E-state index contributed by atoms with van der Waals surface area (Å²) in [5.41, 5.74) is 1.76. The summed E-state index contributed by atoms with van der Waals surface area (Å²) >= 11 is 0. The molecule has 3 aromatic rings. The van der Waals surface area contributed by atoms with Gasteiger partial charge in [-0.3, -0.25) is 4.99 Å². The zero-order chi connectivity index (χ0) is 22.3. The van der Waals surface area contributed by atoms with E-state index in [2.05, 4.69) is 35.9 Å². The summed E-state index contributed by atoms with van der Waals surface area (Å²) in [6, 6.07) is 8.69. The fourth-order valence-electron chi connectivity index (χ4n) is 2.57. The predicted octanol–water partition coefficient (Wildman–Crippen LogP) is 3.85. The van der Waals surface area contributed by atoms with E-state index in [0.717, 1.165) is 23.4 Å². The van der Waals surface area contributed by atoms with E-state index in [0.29, 0.717) is 37.2 Å². The van der Waals surface area contributed by atoms with Gasteiger partial charge in [-0.25, -0.2) is 15.0 Å². The van der Waals surface area contributed by atoms with Crippen LogP contribution >= 0.6 is 24.0 Å². The molecule has 0 aliphatic carbocycles. The van der Waals surface area contributed by atoms with Crippen LogP contribution in [0, 0.1) is 6.92 Å². The number of guanidine groups is 1. The molecule has 8 nitrogen and oxygen atoms in total. The number of nitrogens with zero attached hydrogens (tertiary/aromatic N) is 4. The zero-order valence-corrected chi connectivity index (χ0v) is 19.7. The lowest BCUT2D eigenvalue weighted by Crippen LogP contribution is -2.39. The van der Waals surface area contributed by atoms with Crippen molar-refractivity contribution in [2.45, 2.75) is 19.6 Å². The van der Waals surface area contributed by atoms with Gasteiger partial charge in [0.2, 0.25) is 11.8 Å². The Morgan fingerprint density at radius 2 is 1.81 bits per heavy atom. The summed E-state index contributed by atoms with van der Waals surface area (Å²) < 4.78 is 43.6. The van der Waals surface area contributed by atoms with E-state index in [4.69, 9.17) is 4.42 Å². The molecule has 1 aromatic carbocycles. The third kappa shape index (κ3) is 7.35. The Labute approximate surface area is 200 Å². The van der Waals surface area contributed by atoms with Gasteiger partial charge in [0.05, 0.1) is 12.2 Å². The molecule has 0 fully saturated rings. The highest BCUT2D eigenvalue weighted by molar-refractivity contribution is 14.0. The van der Waals surface area contributed by atoms with Crippen LogP contribution in [0.1, 0.15) is 17.0 Å². The molecule has 0 radical (unpaired) electrons. The molecular formula is C20H23F3IN7O. The highest BCUT2D eigenvalue weighted by Gasteiger charge is 2.32. The van der Waals surface area contributed by atoms with E-state index in [1.165, 1.54) is 0 Å². The molecule has 0 saturated carbocycles. The molecule has 32 heavy (non-hydrogen) atoms. The van der Waals surface area contributed by atoms with E-state index >= 15 is 0 Å². The van der Waals surface area contributed by atoms with Gasteiger partial charge in [-0.05, 0) is 25.1 Å². The second-order valence-corrected chi connectivity index (χ2v) is 6.55. The Balaban J connectivity index is 0.00000363. The van der Waals surface area contributed by atoms with E-state index in [1.54, 1.807) is 13.3 Å². The third-order valence-electron chi connectivity index (χ3n) is 4.16. The number of oxazole rings is 1. The SMILES string of the molecule is CN=C(NCCNc1nccc(C(F)(F)F)n1)NCc1coc(-c2ccc(C)cc2)n1.I. The average molecular weight is 561 g/mol. The first-order valence-electron chi connectivity index (χ1n) is 9.45. The molecule has 172 valence electrons. The number of halogens is 4. The van der Waals surface area contributed by atoms with Crippen molar-refractivity contribution in [3.05, 3.63) is 59.7 Å². The Morgan fingerprint density at radius 1 is 1.06 bits per heavy atom. The van der Waals surface area contributed by atoms with Gasteiger partial charge in [-0.15, -0.1) is 24.0 Å². The number of nitrogens with one attached hydrogen (secondary N) is 3. The third-order valence-corrected chi connectivity index (χ3v) is 4.16. The summed E-state index contributed by atoms with van der Waals surface area (Å²) in [6.07, 6.45) is -1.87. The number of aliphatic imine (C=N–C) groups is 1. The van der Waals surface area contributed by atoms with Crippen LogP contribution in [0.4, 0.5) is 19.1 Å². The summed E-state index contributed by atoms with van der Waals surface area (Å²) in [7, 11) is 1.61. The Bertz CT molecular complexity index is 1020. The van der Waals surface area contributed by atoms with Crippen molar-refractivity contribution in [1.29, 1.82) is 0 Å². The summed E-state index contributed by atoms with van der Waals surface area (Å²) in [6.45, 7) is 3.07. The molecular weight excluding hydrogens is 538 g/mol. The molecule has 0 saturated heterocycles. The Hall–Kier alpha value is -2.90. The fourth-order valence-corrected chi connectivity index (χ4v) is 2.57. The van der Waals surface area contributed by atoms with Crippen LogP contribution in [0.2, 0.25) is 0 Å². The number of rotatable bonds is 7. The van der Waals surface area contributed by atoms with Crippen LogP contribution in [-0.2, 0) is 12.7 Å². The average Bonchev–Trinajstić information content (AvgIpc) is 3.22. The van der Waals surface area contributed by atoms with Crippen LogP contribution < -0.4 is 16.0 Å². The highest BCUT2D eigenvalue weighted by atomic mass is 127. The van der Waals surface area contributed by atoms with Gasteiger partial charge in [0, 0.05) is 31.9 Å². The maximum Gasteiger partial charge on any atom is 0.433 e. The summed E-state index contributed by atoms with van der Waals surface area (Å²) in [5.74, 6) is 0.947. The molecule has 12 heteroatoms. The molecule has 0 spiro atoms. The van der Waals surface area contributed by atoms with Crippen molar-refractivity contribution in [1.82, 2.24) is 25.6 Å². The summed E-state index contributed by atoms with van der Waals surface area (Å²) in [4.78, 5) is 15.8. The van der Waals surface area contributed by atoms with Crippen LogP contribution in [0.15, 0.2) is 52.2 Å². The molecule has 0 aliphatic rings. The van der Waals surface area contributed by atoms with Gasteiger partial charge >= 0.3 is 6.18 Å². The number of aromatic nitrogens is 3. The molecule has 0 unspecified atom stereocenters. The van der Waals surface area contributed by atoms with Crippen LogP contribution in [0.25, 0.3) is 11.5 Å². The predicted molar refractivity (Wildman–Crippen MR) is 126 cm³/mol. The van der Waals surface area contributed by atoms with Gasteiger partial charge in [0.15, 0.2) is 5.96 Å². The largest absolute Gasteiger partial charge is 0.444 e. The van der Waals surface area contributed by atoms with E-state index in [9.17, 15) is 13.2 Å². The number of benzene rings is 1. The van der Waals surface area contributed by atoms with E-state index < -0.39 is 11.9 Å². The fraction of sp³-hybridized carbons (Fsp3) is 0.300. The maximum atomic E-state index is 12.7. The maximum absolute atomic E-state index is 12.7. The standard InChI is InChI=1S/C20H22F3N7O.HI/c1-13-3-5-14(6-4-13)17-29-15(12-31-17)11-28-18(24-2)26-9-10-27-19-25-8-7-16(30-19)20(21,22)23;/h3-8,12H,9-11H2,1-2H3,(H2,24,26,28)(H,25,27,30);1H. The number of anilines is 1. The van der Waals surface area contributed by atoms with Crippen molar-refractivity contribution in [2.75, 3.05) is 25.5 Å². The topological polar surface area (TPSA) is 100 Å². The Morgan fingerprint density at radius 3 is 2.50 bits per heavy atom. The molecule has 2 aromatic heterocycles. The van der Waals surface area contributed by atoms with Crippen molar-refractivity contribution in [3.8, 4) is 11.5 Å². The van der Waals surface area contributed by atoms with Crippen molar-refractivity contribution >= 4 is 35.9 Å². The van der Waals surface area contributed by atoms with Crippen LogP contribution in [0.5, 0.6) is 0 Å². The van der Waals surface area contributed by atoms with Crippen LogP contribution in [0.3, 0.4) is 0 Å². The highest BCUT2D eigenvalue weighted by Crippen LogP contribution is 2.27. The minimum Gasteiger partial charge on any atom is -0.444 e. The first-order valence-corrected chi connectivity index (χ1v) is 9.45.